The number of rotatable bonds is 3. The van der Waals surface area contributed by atoms with Gasteiger partial charge in [-0.3, -0.25) is 4.90 Å². The van der Waals surface area contributed by atoms with E-state index in [1.54, 1.807) is 6.08 Å². The predicted molar refractivity (Wildman–Crippen MR) is 52.4 cm³/mol. The predicted octanol–water partition coefficient (Wildman–Crippen LogP) is 1.36. The van der Waals surface area contributed by atoms with Crippen LogP contribution in [0, 0.1) is 0 Å². The quantitative estimate of drug-likeness (QED) is 0.373. The SMILES string of the molecule is C=C(C)CN1CCC(N=C=O)CC1. The average Bonchev–Trinajstić information content (AvgIpc) is 2.08. The van der Waals surface area contributed by atoms with Crippen molar-refractivity contribution in [2.24, 2.45) is 4.99 Å². The summed E-state index contributed by atoms with van der Waals surface area (Å²) in [6.45, 7) is 8.92. The van der Waals surface area contributed by atoms with E-state index < -0.39 is 0 Å². The standard InChI is InChI=1S/C10H16N2O/c1-9(2)7-12-5-3-10(4-6-12)11-8-13/h10H,1,3-7H2,2H3. The molecule has 3 heteroatoms. The van der Waals surface area contributed by atoms with Gasteiger partial charge in [0.15, 0.2) is 0 Å². The number of nitrogens with zero attached hydrogens (tertiary/aromatic N) is 2. The summed E-state index contributed by atoms with van der Waals surface area (Å²) >= 11 is 0. The first kappa shape index (κ1) is 10.2. The number of isocyanates is 1. The van der Waals surface area contributed by atoms with Crippen LogP contribution in [0.25, 0.3) is 0 Å². The molecular weight excluding hydrogens is 164 g/mol. The Morgan fingerprint density at radius 2 is 2.23 bits per heavy atom. The first-order valence-corrected chi connectivity index (χ1v) is 4.66. The number of likely N-dealkylation sites (tertiary alicyclic amines) is 1. The molecule has 1 rings (SSSR count). The minimum Gasteiger partial charge on any atom is -0.299 e. The van der Waals surface area contributed by atoms with E-state index in [-0.39, 0.29) is 6.04 Å². The maximum Gasteiger partial charge on any atom is 0.235 e. The lowest BCUT2D eigenvalue weighted by Gasteiger charge is -2.29. The monoisotopic (exact) mass is 180 g/mol. The molecule has 0 aliphatic carbocycles. The molecule has 0 atom stereocenters. The number of piperidine rings is 1. The smallest absolute Gasteiger partial charge is 0.235 e. The molecule has 1 aliphatic rings. The highest BCUT2D eigenvalue weighted by atomic mass is 16.1. The van der Waals surface area contributed by atoms with Crippen LogP contribution in [0.4, 0.5) is 0 Å². The summed E-state index contributed by atoms with van der Waals surface area (Å²) < 4.78 is 0. The summed E-state index contributed by atoms with van der Waals surface area (Å²) in [5, 5.41) is 0. The van der Waals surface area contributed by atoms with Gasteiger partial charge in [-0.2, -0.15) is 0 Å². The Balaban J connectivity index is 2.30. The van der Waals surface area contributed by atoms with Gasteiger partial charge in [-0.15, -0.1) is 0 Å². The van der Waals surface area contributed by atoms with E-state index in [1.165, 1.54) is 5.57 Å². The van der Waals surface area contributed by atoms with E-state index in [1.807, 2.05) is 6.92 Å². The van der Waals surface area contributed by atoms with Crippen LogP contribution in [-0.2, 0) is 4.79 Å². The molecule has 0 unspecified atom stereocenters. The Bertz CT molecular complexity index is 223. The molecule has 0 aromatic carbocycles. The van der Waals surface area contributed by atoms with Gasteiger partial charge in [0, 0.05) is 19.6 Å². The zero-order valence-electron chi connectivity index (χ0n) is 8.12. The molecule has 0 saturated carbocycles. The maximum atomic E-state index is 10.0. The van der Waals surface area contributed by atoms with Gasteiger partial charge in [0.1, 0.15) is 0 Å². The second kappa shape index (κ2) is 4.95. The molecule has 1 saturated heterocycles. The third-order valence-electron chi connectivity index (χ3n) is 2.29. The molecule has 1 heterocycles. The third kappa shape index (κ3) is 3.53. The van der Waals surface area contributed by atoms with Crippen molar-refractivity contribution < 1.29 is 4.79 Å². The van der Waals surface area contributed by atoms with Gasteiger partial charge in [0.2, 0.25) is 6.08 Å². The molecule has 0 spiro atoms. The fourth-order valence-corrected chi connectivity index (χ4v) is 1.66. The van der Waals surface area contributed by atoms with E-state index in [2.05, 4.69) is 16.5 Å². The fraction of sp³-hybridized carbons (Fsp3) is 0.700. The summed E-state index contributed by atoms with van der Waals surface area (Å²) in [6.07, 6.45) is 3.58. The van der Waals surface area contributed by atoms with Crippen molar-refractivity contribution in [3.8, 4) is 0 Å². The molecule has 13 heavy (non-hydrogen) atoms. The van der Waals surface area contributed by atoms with E-state index >= 15 is 0 Å². The van der Waals surface area contributed by atoms with Gasteiger partial charge < -0.3 is 0 Å². The van der Waals surface area contributed by atoms with E-state index in [0.717, 1.165) is 32.5 Å². The van der Waals surface area contributed by atoms with Crippen LogP contribution in [0.1, 0.15) is 19.8 Å². The van der Waals surface area contributed by atoms with Crippen molar-refractivity contribution in [1.29, 1.82) is 0 Å². The molecule has 0 amide bonds. The number of carbonyl (C=O) groups excluding carboxylic acids is 1. The Kier molecular flexibility index (Phi) is 3.87. The number of hydrogen-bond acceptors (Lipinski definition) is 3. The van der Waals surface area contributed by atoms with Crippen molar-refractivity contribution in [3.63, 3.8) is 0 Å². The maximum absolute atomic E-state index is 10.0. The highest BCUT2D eigenvalue weighted by Gasteiger charge is 2.17. The molecule has 0 radical (unpaired) electrons. The molecule has 1 aliphatic heterocycles. The molecule has 3 nitrogen and oxygen atoms in total. The van der Waals surface area contributed by atoms with Crippen molar-refractivity contribution in [3.05, 3.63) is 12.2 Å². The summed E-state index contributed by atoms with van der Waals surface area (Å²) in [5.41, 5.74) is 1.19. The van der Waals surface area contributed by atoms with Crippen LogP contribution in [0.3, 0.4) is 0 Å². The fourth-order valence-electron chi connectivity index (χ4n) is 1.66. The Morgan fingerprint density at radius 3 is 2.69 bits per heavy atom. The molecule has 1 fully saturated rings. The highest BCUT2D eigenvalue weighted by Crippen LogP contribution is 2.13. The van der Waals surface area contributed by atoms with Crippen LogP contribution < -0.4 is 0 Å². The normalized spacial score (nSPS) is 19.5. The lowest BCUT2D eigenvalue weighted by Crippen LogP contribution is -2.36. The summed E-state index contributed by atoms with van der Waals surface area (Å²) in [7, 11) is 0. The summed E-state index contributed by atoms with van der Waals surface area (Å²) in [6, 6.07) is 0.207. The van der Waals surface area contributed by atoms with Gasteiger partial charge in [-0.25, -0.2) is 9.79 Å². The number of hydrogen-bond donors (Lipinski definition) is 0. The minimum absolute atomic E-state index is 0.207. The topological polar surface area (TPSA) is 32.7 Å². The van der Waals surface area contributed by atoms with Gasteiger partial charge >= 0.3 is 0 Å². The second-order valence-electron chi connectivity index (χ2n) is 3.68. The van der Waals surface area contributed by atoms with E-state index in [0.29, 0.717) is 0 Å². The Labute approximate surface area is 79.1 Å². The lowest BCUT2D eigenvalue weighted by molar-refractivity contribution is 0.230. The molecule has 0 N–H and O–H groups in total. The molecule has 72 valence electrons. The first-order chi connectivity index (χ1) is 6.22. The van der Waals surface area contributed by atoms with E-state index in [9.17, 15) is 4.79 Å². The molecule has 0 aromatic heterocycles. The van der Waals surface area contributed by atoms with Crippen molar-refractivity contribution in [1.82, 2.24) is 4.90 Å². The van der Waals surface area contributed by atoms with Crippen LogP contribution in [0.5, 0.6) is 0 Å². The Hall–Kier alpha value is -0.920. The van der Waals surface area contributed by atoms with Crippen molar-refractivity contribution in [2.75, 3.05) is 19.6 Å². The molecule has 0 bridgehead atoms. The molecule has 0 aromatic rings. The van der Waals surface area contributed by atoms with Crippen LogP contribution >= 0.6 is 0 Å². The van der Waals surface area contributed by atoms with E-state index in [4.69, 9.17) is 0 Å². The Morgan fingerprint density at radius 1 is 1.62 bits per heavy atom. The third-order valence-corrected chi connectivity index (χ3v) is 2.29. The largest absolute Gasteiger partial charge is 0.299 e. The summed E-state index contributed by atoms with van der Waals surface area (Å²) in [4.78, 5) is 16.1. The van der Waals surface area contributed by atoms with Gasteiger partial charge in [-0.05, 0) is 19.8 Å². The number of aliphatic imine (C=N–C) groups is 1. The van der Waals surface area contributed by atoms with Crippen molar-refractivity contribution in [2.45, 2.75) is 25.8 Å². The first-order valence-electron chi connectivity index (χ1n) is 4.66. The lowest BCUT2D eigenvalue weighted by atomic mass is 10.1. The van der Waals surface area contributed by atoms with Crippen molar-refractivity contribution >= 4 is 6.08 Å². The van der Waals surface area contributed by atoms with Crippen LogP contribution in [0.2, 0.25) is 0 Å². The van der Waals surface area contributed by atoms with Gasteiger partial charge in [0.25, 0.3) is 0 Å². The van der Waals surface area contributed by atoms with Crippen LogP contribution in [-0.4, -0.2) is 36.7 Å². The molecular formula is C10H16N2O. The average molecular weight is 180 g/mol. The van der Waals surface area contributed by atoms with Gasteiger partial charge in [0.05, 0.1) is 6.04 Å². The zero-order chi connectivity index (χ0) is 9.68. The second-order valence-corrected chi connectivity index (χ2v) is 3.68. The highest BCUT2D eigenvalue weighted by molar-refractivity contribution is 5.33. The van der Waals surface area contributed by atoms with Gasteiger partial charge in [-0.1, -0.05) is 12.2 Å². The zero-order valence-corrected chi connectivity index (χ0v) is 8.12. The van der Waals surface area contributed by atoms with Crippen LogP contribution in [0.15, 0.2) is 17.1 Å². The minimum atomic E-state index is 0.207. The summed E-state index contributed by atoms with van der Waals surface area (Å²) in [5.74, 6) is 0.